The predicted octanol–water partition coefficient (Wildman–Crippen LogP) is 3.73. The number of aromatic amines is 1. The molecule has 0 unspecified atom stereocenters. The van der Waals surface area contributed by atoms with E-state index in [4.69, 9.17) is 0 Å². The van der Waals surface area contributed by atoms with Crippen LogP contribution in [0.5, 0.6) is 0 Å². The van der Waals surface area contributed by atoms with Gasteiger partial charge in [0.15, 0.2) is 5.82 Å². The highest BCUT2D eigenvalue weighted by Gasteiger charge is 2.59. The molecule has 4 bridgehead atoms. The van der Waals surface area contributed by atoms with E-state index in [1.54, 1.807) is 0 Å². The highest BCUT2D eigenvalue weighted by atomic mass is 16.3. The summed E-state index contributed by atoms with van der Waals surface area (Å²) in [6.45, 7) is 4.46. The predicted molar refractivity (Wildman–Crippen MR) is 96.0 cm³/mol. The van der Waals surface area contributed by atoms with Gasteiger partial charge in [0, 0.05) is 24.1 Å². The van der Waals surface area contributed by atoms with Gasteiger partial charge in [-0.2, -0.15) is 5.10 Å². The first kappa shape index (κ1) is 15.6. The molecule has 0 spiro atoms. The second kappa shape index (κ2) is 5.19. The van der Waals surface area contributed by atoms with Crippen LogP contribution in [0.2, 0.25) is 0 Å². The standard InChI is InChI=1S/C20H28N4O/c1-3-16-7-17(23-22-16)18-21-4-5-24(18)13(2)19-8-14-6-15(9-19)11-20(25,10-14)12-19/h4-5,7,13-15,25H,3,6,8-12H2,1-2H3,(H,22,23)/t13-,14-,15-,19?,20?/m1/s1. The van der Waals surface area contributed by atoms with Gasteiger partial charge in [0.2, 0.25) is 0 Å². The van der Waals surface area contributed by atoms with Crippen LogP contribution < -0.4 is 0 Å². The fourth-order valence-electron chi connectivity index (χ4n) is 6.55. The van der Waals surface area contributed by atoms with Crippen molar-refractivity contribution in [3.63, 3.8) is 0 Å². The number of imidazole rings is 1. The van der Waals surface area contributed by atoms with Crippen molar-refractivity contribution in [3.8, 4) is 11.5 Å². The molecule has 2 aromatic rings. The smallest absolute Gasteiger partial charge is 0.160 e. The summed E-state index contributed by atoms with van der Waals surface area (Å²) in [6, 6.07) is 2.45. The quantitative estimate of drug-likeness (QED) is 0.891. The minimum absolute atomic E-state index is 0.207. The van der Waals surface area contributed by atoms with Crippen molar-refractivity contribution < 1.29 is 5.11 Å². The van der Waals surface area contributed by atoms with E-state index in [1.165, 1.54) is 19.3 Å². The zero-order chi connectivity index (χ0) is 17.2. The number of aromatic nitrogens is 4. The second-order valence-electron chi connectivity index (χ2n) is 9.01. The Bertz CT molecular complexity index is 777. The molecule has 5 nitrogen and oxygen atoms in total. The highest BCUT2D eigenvalue weighted by molar-refractivity contribution is 5.50. The number of hydrogen-bond acceptors (Lipinski definition) is 3. The average Bonchev–Trinajstić information content (AvgIpc) is 3.20. The third kappa shape index (κ3) is 2.31. The van der Waals surface area contributed by atoms with E-state index in [0.717, 1.165) is 42.9 Å². The minimum atomic E-state index is -0.416. The number of hydrogen-bond donors (Lipinski definition) is 2. The Kier molecular flexibility index (Phi) is 3.25. The number of aliphatic hydroxyl groups is 1. The SMILES string of the molecule is CCc1cc(-c2nccn2[C@H](C)C23C[C@H]4C[C@@H](CC(O)(C4)C2)C3)n[nH]1. The maximum atomic E-state index is 11.1. The van der Waals surface area contributed by atoms with Gasteiger partial charge in [-0.1, -0.05) is 6.92 Å². The Morgan fingerprint density at radius 1 is 1.32 bits per heavy atom. The minimum Gasteiger partial charge on any atom is -0.390 e. The van der Waals surface area contributed by atoms with Crippen LogP contribution in [0.3, 0.4) is 0 Å². The van der Waals surface area contributed by atoms with E-state index in [1.807, 2.05) is 6.20 Å². The molecule has 134 valence electrons. The van der Waals surface area contributed by atoms with E-state index in [9.17, 15) is 5.11 Å². The summed E-state index contributed by atoms with van der Waals surface area (Å²) < 4.78 is 2.31. The molecule has 0 aromatic carbocycles. The van der Waals surface area contributed by atoms with Crippen LogP contribution in [0.25, 0.3) is 11.5 Å². The second-order valence-corrected chi connectivity index (χ2v) is 9.01. The van der Waals surface area contributed by atoms with Crippen molar-refractivity contribution in [1.29, 1.82) is 0 Å². The Labute approximate surface area is 148 Å². The molecule has 4 aliphatic carbocycles. The first-order chi connectivity index (χ1) is 12.0. The first-order valence-corrected chi connectivity index (χ1v) is 9.80. The summed E-state index contributed by atoms with van der Waals surface area (Å²) >= 11 is 0. The molecule has 4 aliphatic rings. The number of H-pyrrole nitrogens is 1. The summed E-state index contributed by atoms with van der Waals surface area (Å²) in [5.41, 5.74) is 1.86. The van der Waals surface area contributed by atoms with Crippen LogP contribution in [-0.2, 0) is 6.42 Å². The molecule has 4 saturated carbocycles. The van der Waals surface area contributed by atoms with Gasteiger partial charge < -0.3 is 9.67 Å². The fraction of sp³-hybridized carbons (Fsp3) is 0.700. The number of nitrogens with zero attached hydrogens (tertiary/aromatic N) is 3. The highest BCUT2D eigenvalue weighted by Crippen LogP contribution is 2.65. The first-order valence-electron chi connectivity index (χ1n) is 9.80. The number of rotatable bonds is 4. The van der Waals surface area contributed by atoms with Gasteiger partial charge in [-0.05, 0) is 75.2 Å². The molecule has 4 fully saturated rings. The van der Waals surface area contributed by atoms with Crippen molar-refractivity contribution in [2.45, 2.75) is 70.4 Å². The molecule has 6 rings (SSSR count). The van der Waals surface area contributed by atoms with Crippen molar-refractivity contribution in [3.05, 3.63) is 24.2 Å². The van der Waals surface area contributed by atoms with E-state index < -0.39 is 5.60 Å². The van der Waals surface area contributed by atoms with E-state index in [0.29, 0.717) is 17.9 Å². The molecule has 2 heterocycles. The molecule has 2 aromatic heterocycles. The molecule has 0 amide bonds. The molecule has 0 saturated heterocycles. The lowest BCUT2D eigenvalue weighted by Crippen LogP contribution is -2.57. The third-order valence-corrected chi connectivity index (χ3v) is 7.29. The van der Waals surface area contributed by atoms with Crippen LogP contribution in [0, 0.1) is 17.3 Å². The molecule has 0 radical (unpaired) electrons. The van der Waals surface area contributed by atoms with Crippen LogP contribution >= 0.6 is 0 Å². The molecule has 25 heavy (non-hydrogen) atoms. The maximum absolute atomic E-state index is 11.1. The normalized spacial score (nSPS) is 37.6. The van der Waals surface area contributed by atoms with Gasteiger partial charge in [-0.15, -0.1) is 0 Å². The monoisotopic (exact) mass is 340 g/mol. The molecule has 3 atom stereocenters. The van der Waals surface area contributed by atoms with Crippen molar-refractivity contribution in [2.75, 3.05) is 0 Å². The van der Waals surface area contributed by atoms with Gasteiger partial charge in [0.05, 0.1) is 5.60 Å². The lowest BCUT2D eigenvalue weighted by molar-refractivity contribution is -0.176. The van der Waals surface area contributed by atoms with E-state index >= 15 is 0 Å². The molecule has 0 aliphatic heterocycles. The Hall–Kier alpha value is -1.62. The van der Waals surface area contributed by atoms with Gasteiger partial charge in [-0.3, -0.25) is 5.10 Å². The number of nitrogens with one attached hydrogen (secondary N) is 1. The van der Waals surface area contributed by atoms with Crippen LogP contribution in [0.1, 0.15) is 64.1 Å². The summed E-state index contributed by atoms with van der Waals surface area (Å²) in [4.78, 5) is 4.62. The lowest BCUT2D eigenvalue weighted by Gasteiger charge is -2.62. The summed E-state index contributed by atoms with van der Waals surface area (Å²) in [5, 5.41) is 18.7. The Balaban J connectivity index is 1.51. The third-order valence-electron chi connectivity index (χ3n) is 7.29. The summed E-state index contributed by atoms with van der Waals surface area (Å²) in [5.74, 6) is 2.36. The summed E-state index contributed by atoms with van der Waals surface area (Å²) in [7, 11) is 0. The largest absolute Gasteiger partial charge is 0.390 e. The van der Waals surface area contributed by atoms with Crippen LogP contribution in [0.4, 0.5) is 0 Å². The molecule has 5 heteroatoms. The van der Waals surface area contributed by atoms with Crippen molar-refractivity contribution >= 4 is 0 Å². The van der Waals surface area contributed by atoms with Gasteiger partial charge >= 0.3 is 0 Å². The fourth-order valence-corrected chi connectivity index (χ4v) is 6.55. The summed E-state index contributed by atoms with van der Waals surface area (Å²) in [6.07, 6.45) is 11.8. The Morgan fingerprint density at radius 2 is 2.08 bits per heavy atom. The van der Waals surface area contributed by atoms with Gasteiger partial charge in [0.1, 0.15) is 5.69 Å². The maximum Gasteiger partial charge on any atom is 0.160 e. The van der Waals surface area contributed by atoms with E-state index in [2.05, 4.69) is 45.9 Å². The van der Waals surface area contributed by atoms with E-state index in [-0.39, 0.29) is 5.41 Å². The zero-order valence-corrected chi connectivity index (χ0v) is 15.2. The molecular formula is C20H28N4O. The average molecular weight is 340 g/mol. The number of aryl methyl sites for hydroxylation is 1. The van der Waals surface area contributed by atoms with Crippen molar-refractivity contribution in [1.82, 2.24) is 19.7 Å². The van der Waals surface area contributed by atoms with Gasteiger partial charge in [-0.25, -0.2) is 4.98 Å². The van der Waals surface area contributed by atoms with Gasteiger partial charge in [0.25, 0.3) is 0 Å². The lowest BCUT2D eigenvalue weighted by atomic mass is 9.46. The zero-order valence-electron chi connectivity index (χ0n) is 15.2. The Morgan fingerprint density at radius 3 is 2.72 bits per heavy atom. The van der Waals surface area contributed by atoms with Crippen LogP contribution in [0.15, 0.2) is 18.5 Å². The van der Waals surface area contributed by atoms with Crippen LogP contribution in [-0.4, -0.2) is 30.5 Å². The molecular weight excluding hydrogens is 312 g/mol. The topological polar surface area (TPSA) is 66.7 Å². The van der Waals surface area contributed by atoms with Crippen molar-refractivity contribution in [2.24, 2.45) is 17.3 Å². The molecule has 2 N–H and O–H groups in total.